The van der Waals surface area contributed by atoms with Crippen molar-refractivity contribution in [1.82, 2.24) is 9.97 Å². The van der Waals surface area contributed by atoms with Crippen molar-refractivity contribution in [1.29, 1.82) is 0 Å². The third-order valence-electron chi connectivity index (χ3n) is 4.32. The summed E-state index contributed by atoms with van der Waals surface area (Å²) < 4.78 is 0. The average molecular weight is 283 g/mol. The summed E-state index contributed by atoms with van der Waals surface area (Å²) in [5.41, 5.74) is 8.76. The summed E-state index contributed by atoms with van der Waals surface area (Å²) in [6.07, 6.45) is 6.51. The van der Waals surface area contributed by atoms with Crippen molar-refractivity contribution in [3.63, 3.8) is 0 Å². The number of aromatic hydroxyl groups is 1. The first-order valence-corrected chi connectivity index (χ1v) is 7.55. The molecule has 0 amide bonds. The van der Waals surface area contributed by atoms with Gasteiger partial charge in [-0.15, -0.1) is 0 Å². The van der Waals surface area contributed by atoms with Crippen LogP contribution < -0.4 is 5.73 Å². The Morgan fingerprint density at radius 1 is 1.19 bits per heavy atom. The van der Waals surface area contributed by atoms with Gasteiger partial charge < -0.3 is 10.8 Å². The van der Waals surface area contributed by atoms with E-state index in [-0.39, 0.29) is 5.75 Å². The van der Waals surface area contributed by atoms with Crippen LogP contribution in [-0.2, 0) is 0 Å². The van der Waals surface area contributed by atoms with Crippen LogP contribution in [0, 0.1) is 5.92 Å². The fourth-order valence-electron chi connectivity index (χ4n) is 3.17. The highest BCUT2D eigenvalue weighted by molar-refractivity contribution is 5.60. The quantitative estimate of drug-likeness (QED) is 0.881. The first-order chi connectivity index (χ1) is 10.1. The van der Waals surface area contributed by atoms with Crippen molar-refractivity contribution in [3.05, 3.63) is 36.2 Å². The van der Waals surface area contributed by atoms with Crippen molar-refractivity contribution >= 4 is 5.82 Å². The van der Waals surface area contributed by atoms with Gasteiger partial charge in [0, 0.05) is 11.5 Å². The lowest BCUT2D eigenvalue weighted by molar-refractivity contribution is 0.340. The van der Waals surface area contributed by atoms with Crippen LogP contribution in [0.3, 0.4) is 0 Å². The zero-order chi connectivity index (χ0) is 14.8. The van der Waals surface area contributed by atoms with Crippen molar-refractivity contribution in [2.45, 2.75) is 38.5 Å². The maximum Gasteiger partial charge on any atom is 0.145 e. The summed E-state index contributed by atoms with van der Waals surface area (Å²) in [5.74, 6) is 1.95. The molecule has 0 radical (unpaired) electrons. The maximum absolute atomic E-state index is 9.38. The number of anilines is 1. The molecule has 3 N–H and O–H groups in total. The van der Waals surface area contributed by atoms with E-state index in [1.807, 2.05) is 12.1 Å². The molecule has 4 nitrogen and oxygen atoms in total. The summed E-state index contributed by atoms with van der Waals surface area (Å²) >= 11 is 0. The lowest BCUT2D eigenvalue weighted by Gasteiger charge is -2.27. The molecule has 4 heteroatoms. The molecule has 3 rings (SSSR count). The highest BCUT2D eigenvalue weighted by atomic mass is 16.3. The zero-order valence-electron chi connectivity index (χ0n) is 12.3. The van der Waals surface area contributed by atoms with Gasteiger partial charge in [0.25, 0.3) is 0 Å². The number of benzene rings is 1. The van der Waals surface area contributed by atoms with E-state index >= 15 is 0 Å². The molecule has 110 valence electrons. The Bertz CT molecular complexity index is 624. The van der Waals surface area contributed by atoms with Gasteiger partial charge in [0.1, 0.15) is 11.6 Å². The first kappa shape index (κ1) is 13.9. The van der Waals surface area contributed by atoms with E-state index in [9.17, 15) is 5.11 Å². The van der Waals surface area contributed by atoms with Gasteiger partial charge in [-0.05, 0) is 43.0 Å². The molecular formula is C17H21N3O. The van der Waals surface area contributed by atoms with E-state index < -0.39 is 0 Å². The van der Waals surface area contributed by atoms with Crippen molar-refractivity contribution in [2.75, 3.05) is 5.73 Å². The van der Waals surface area contributed by atoms with E-state index in [1.54, 1.807) is 18.3 Å². The molecule has 1 heterocycles. The van der Waals surface area contributed by atoms with E-state index in [2.05, 4.69) is 11.9 Å². The van der Waals surface area contributed by atoms with Crippen LogP contribution in [0.25, 0.3) is 11.3 Å². The average Bonchev–Trinajstić information content (AvgIpc) is 2.49. The second-order valence-electron chi connectivity index (χ2n) is 6.04. The molecule has 1 aromatic heterocycles. The highest BCUT2D eigenvalue weighted by Crippen LogP contribution is 2.37. The number of rotatable bonds is 2. The topological polar surface area (TPSA) is 72.0 Å². The fourth-order valence-corrected chi connectivity index (χ4v) is 3.17. The molecule has 2 unspecified atom stereocenters. The molecule has 1 aromatic carbocycles. The number of nitrogens with zero attached hydrogens (tertiary/aromatic N) is 2. The highest BCUT2D eigenvalue weighted by Gasteiger charge is 2.24. The van der Waals surface area contributed by atoms with E-state index in [1.165, 1.54) is 12.8 Å². The molecule has 21 heavy (non-hydrogen) atoms. The summed E-state index contributed by atoms with van der Waals surface area (Å²) in [4.78, 5) is 9.09. The van der Waals surface area contributed by atoms with Gasteiger partial charge in [-0.2, -0.15) is 0 Å². The van der Waals surface area contributed by atoms with Gasteiger partial charge in [0.2, 0.25) is 0 Å². The lowest BCUT2D eigenvalue weighted by atomic mass is 9.80. The summed E-state index contributed by atoms with van der Waals surface area (Å²) in [6.45, 7) is 2.29. The molecule has 1 aliphatic rings. The standard InChI is InChI=1S/C17H21N3O/c1-11-3-2-4-13(9-11)16-17(18)19-10-15(20-16)12-5-7-14(21)8-6-12/h5-8,10-11,13,21H,2-4,9H2,1H3,(H2,18,19). The van der Waals surface area contributed by atoms with Crippen LogP contribution in [0.5, 0.6) is 5.75 Å². The van der Waals surface area contributed by atoms with Gasteiger partial charge in [0.05, 0.1) is 17.6 Å². The van der Waals surface area contributed by atoms with Gasteiger partial charge in [-0.1, -0.05) is 19.8 Å². The smallest absolute Gasteiger partial charge is 0.145 e. The van der Waals surface area contributed by atoms with E-state index in [0.29, 0.717) is 11.7 Å². The Labute approximate surface area is 125 Å². The summed E-state index contributed by atoms with van der Waals surface area (Å²) in [5, 5.41) is 9.38. The van der Waals surface area contributed by atoms with Crippen LogP contribution in [0.2, 0.25) is 0 Å². The number of phenolic OH excluding ortho intramolecular Hbond substituents is 1. The molecule has 0 aliphatic heterocycles. The van der Waals surface area contributed by atoms with Gasteiger partial charge in [-0.3, -0.25) is 0 Å². The Kier molecular flexibility index (Phi) is 3.78. The monoisotopic (exact) mass is 283 g/mol. The molecule has 2 aromatic rings. The second-order valence-corrected chi connectivity index (χ2v) is 6.04. The van der Waals surface area contributed by atoms with Crippen LogP contribution in [-0.4, -0.2) is 15.1 Å². The molecule has 2 atom stereocenters. The Balaban J connectivity index is 1.94. The van der Waals surface area contributed by atoms with Crippen LogP contribution >= 0.6 is 0 Å². The third-order valence-corrected chi connectivity index (χ3v) is 4.32. The number of hydrogen-bond donors (Lipinski definition) is 2. The largest absolute Gasteiger partial charge is 0.508 e. The number of nitrogen functional groups attached to an aromatic ring is 1. The van der Waals surface area contributed by atoms with Gasteiger partial charge >= 0.3 is 0 Å². The maximum atomic E-state index is 9.38. The first-order valence-electron chi connectivity index (χ1n) is 7.55. The van der Waals surface area contributed by atoms with Crippen molar-refractivity contribution < 1.29 is 5.11 Å². The summed E-state index contributed by atoms with van der Waals surface area (Å²) in [7, 11) is 0. The molecule has 0 saturated heterocycles. The number of nitrogens with two attached hydrogens (primary N) is 1. The minimum absolute atomic E-state index is 0.253. The second kappa shape index (κ2) is 5.72. The van der Waals surface area contributed by atoms with Gasteiger partial charge in [-0.25, -0.2) is 9.97 Å². The number of aromatic nitrogens is 2. The Morgan fingerprint density at radius 2 is 1.95 bits per heavy atom. The Morgan fingerprint density at radius 3 is 2.67 bits per heavy atom. The molecular weight excluding hydrogens is 262 g/mol. The summed E-state index contributed by atoms with van der Waals surface area (Å²) in [6, 6.07) is 7.02. The van der Waals surface area contributed by atoms with Crippen molar-refractivity contribution in [3.8, 4) is 17.0 Å². The van der Waals surface area contributed by atoms with Gasteiger partial charge in [0.15, 0.2) is 0 Å². The van der Waals surface area contributed by atoms with Crippen molar-refractivity contribution in [2.24, 2.45) is 5.92 Å². The molecule has 0 bridgehead atoms. The minimum atomic E-state index is 0.253. The normalized spacial score (nSPS) is 22.1. The molecule has 1 aliphatic carbocycles. The SMILES string of the molecule is CC1CCCC(c2nc(-c3ccc(O)cc3)cnc2N)C1. The van der Waals surface area contributed by atoms with E-state index in [4.69, 9.17) is 10.7 Å². The minimum Gasteiger partial charge on any atom is -0.508 e. The number of phenols is 1. The van der Waals surface area contributed by atoms with Crippen LogP contribution in [0.1, 0.15) is 44.2 Å². The predicted octanol–water partition coefficient (Wildman–Crippen LogP) is 3.73. The molecule has 0 spiro atoms. The Hall–Kier alpha value is -2.10. The zero-order valence-corrected chi connectivity index (χ0v) is 12.3. The molecule has 1 saturated carbocycles. The van der Waals surface area contributed by atoms with E-state index in [0.717, 1.165) is 35.7 Å². The van der Waals surface area contributed by atoms with Crippen LogP contribution in [0.4, 0.5) is 5.82 Å². The molecule has 1 fully saturated rings. The van der Waals surface area contributed by atoms with Crippen LogP contribution in [0.15, 0.2) is 30.5 Å². The third kappa shape index (κ3) is 2.99. The predicted molar refractivity (Wildman–Crippen MR) is 83.9 cm³/mol. The lowest BCUT2D eigenvalue weighted by Crippen LogP contribution is -2.15. The number of hydrogen-bond acceptors (Lipinski definition) is 4. The fraction of sp³-hybridized carbons (Fsp3) is 0.412.